The zero-order valence-corrected chi connectivity index (χ0v) is 11.6. The zero-order valence-electron chi connectivity index (χ0n) is 10.8. The molecule has 0 bridgehead atoms. The third kappa shape index (κ3) is 6.09. The Hall–Kier alpha value is 0.230. The number of morpholine rings is 1. The molecule has 0 aromatic carbocycles. The fraction of sp³-hybridized carbons (Fsp3) is 1.00. The summed E-state index contributed by atoms with van der Waals surface area (Å²) >= 11 is 2.00. The Kier molecular flexibility index (Phi) is 7.45. The highest BCUT2D eigenvalue weighted by Crippen LogP contribution is 2.06. The van der Waals surface area contributed by atoms with Crippen LogP contribution in [0.15, 0.2) is 0 Å². The molecular weight excluding hydrogens is 220 g/mol. The first-order valence-corrected chi connectivity index (χ1v) is 7.52. The van der Waals surface area contributed by atoms with Gasteiger partial charge in [-0.2, -0.15) is 11.8 Å². The molecule has 1 fully saturated rings. The second-order valence-corrected chi connectivity index (χ2v) is 5.91. The SMILES string of the molecule is CCSCC(C)NC(C)CC1COCCN1. The molecule has 3 atom stereocenters. The maximum Gasteiger partial charge on any atom is 0.0620 e. The highest BCUT2D eigenvalue weighted by atomic mass is 32.2. The monoisotopic (exact) mass is 246 g/mol. The van der Waals surface area contributed by atoms with Crippen LogP contribution in [0.5, 0.6) is 0 Å². The van der Waals surface area contributed by atoms with E-state index in [9.17, 15) is 0 Å². The first-order valence-electron chi connectivity index (χ1n) is 6.37. The number of thioether (sulfide) groups is 1. The van der Waals surface area contributed by atoms with E-state index < -0.39 is 0 Å². The van der Waals surface area contributed by atoms with Gasteiger partial charge in [0.1, 0.15) is 0 Å². The Balaban J connectivity index is 2.11. The number of hydrogen-bond acceptors (Lipinski definition) is 4. The summed E-state index contributed by atoms with van der Waals surface area (Å²) in [6.45, 7) is 9.47. The summed E-state index contributed by atoms with van der Waals surface area (Å²) in [7, 11) is 0. The molecule has 0 saturated carbocycles. The fourth-order valence-electron chi connectivity index (χ4n) is 2.09. The topological polar surface area (TPSA) is 33.3 Å². The number of hydrogen-bond donors (Lipinski definition) is 2. The summed E-state index contributed by atoms with van der Waals surface area (Å²) in [4.78, 5) is 0. The van der Waals surface area contributed by atoms with Gasteiger partial charge in [-0.15, -0.1) is 0 Å². The largest absolute Gasteiger partial charge is 0.379 e. The van der Waals surface area contributed by atoms with Gasteiger partial charge in [-0.3, -0.25) is 0 Å². The van der Waals surface area contributed by atoms with Crippen LogP contribution in [-0.4, -0.2) is 49.4 Å². The predicted molar refractivity (Wildman–Crippen MR) is 72.3 cm³/mol. The van der Waals surface area contributed by atoms with Gasteiger partial charge in [-0.1, -0.05) is 6.92 Å². The van der Waals surface area contributed by atoms with Crippen molar-refractivity contribution >= 4 is 11.8 Å². The van der Waals surface area contributed by atoms with Crippen LogP contribution in [-0.2, 0) is 4.74 Å². The van der Waals surface area contributed by atoms with E-state index in [1.807, 2.05) is 11.8 Å². The van der Waals surface area contributed by atoms with Crippen LogP contribution in [0, 0.1) is 0 Å². The van der Waals surface area contributed by atoms with E-state index >= 15 is 0 Å². The molecular formula is C12H26N2OS. The molecule has 4 heteroatoms. The molecule has 0 aromatic rings. The lowest BCUT2D eigenvalue weighted by atomic mass is 10.1. The van der Waals surface area contributed by atoms with Gasteiger partial charge in [-0.05, 0) is 26.0 Å². The van der Waals surface area contributed by atoms with Crippen molar-refractivity contribution in [1.82, 2.24) is 10.6 Å². The van der Waals surface area contributed by atoms with Gasteiger partial charge in [-0.25, -0.2) is 0 Å². The van der Waals surface area contributed by atoms with Crippen molar-refractivity contribution in [3.8, 4) is 0 Å². The van der Waals surface area contributed by atoms with Crippen molar-refractivity contribution in [2.24, 2.45) is 0 Å². The molecule has 1 saturated heterocycles. The highest BCUT2D eigenvalue weighted by molar-refractivity contribution is 7.99. The molecule has 1 rings (SSSR count). The molecule has 96 valence electrons. The number of rotatable bonds is 7. The minimum Gasteiger partial charge on any atom is -0.379 e. The maximum absolute atomic E-state index is 5.46. The van der Waals surface area contributed by atoms with E-state index in [2.05, 4.69) is 31.4 Å². The van der Waals surface area contributed by atoms with Crippen LogP contribution in [0.25, 0.3) is 0 Å². The Morgan fingerprint density at radius 3 is 2.88 bits per heavy atom. The van der Waals surface area contributed by atoms with Crippen LogP contribution >= 0.6 is 11.8 Å². The lowest BCUT2D eigenvalue weighted by molar-refractivity contribution is 0.0709. The molecule has 0 amide bonds. The van der Waals surface area contributed by atoms with E-state index in [-0.39, 0.29) is 0 Å². The summed E-state index contributed by atoms with van der Waals surface area (Å²) in [5, 5.41) is 7.14. The van der Waals surface area contributed by atoms with Crippen molar-refractivity contribution in [2.45, 2.75) is 45.3 Å². The van der Waals surface area contributed by atoms with E-state index in [4.69, 9.17) is 4.74 Å². The first-order chi connectivity index (χ1) is 7.72. The maximum atomic E-state index is 5.46. The lowest BCUT2D eigenvalue weighted by Gasteiger charge is -2.28. The molecule has 16 heavy (non-hydrogen) atoms. The number of nitrogens with one attached hydrogen (secondary N) is 2. The van der Waals surface area contributed by atoms with E-state index in [1.54, 1.807) is 0 Å². The molecule has 0 radical (unpaired) electrons. The van der Waals surface area contributed by atoms with Gasteiger partial charge in [0.15, 0.2) is 0 Å². The van der Waals surface area contributed by atoms with Crippen LogP contribution in [0.1, 0.15) is 27.2 Å². The van der Waals surface area contributed by atoms with Crippen molar-refractivity contribution in [1.29, 1.82) is 0 Å². The Labute approximate surface area is 104 Å². The molecule has 0 aliphatic carbocycles. The highest BCUT2D eigenvalue weighted by Gasteiger charge is 2.17. The van der Waals surface area contributed by atoms with Gasteiger partial charge < -0.3 is 15.4 Å². The quantitative estimate of drug-likeness (QED) is 0.713. The zero-order chi connectivity index (χ0) is 11.8. The average Bonchev–Trinajstić information content (AvgIpc) is 2.27. The number of ether oxygens (including phenoxy) is 1. The van der Waals surface area contributed by atoms with E-state index in [0.29, 0.717) is 18.1 Å². The molecule has 0 spiro atoms. The molecule has 3 nitrogen and oxygen atoms in total. The summed E-state index contributed by atoms with van der Waals surface area (Å²) in [6, 6.07) is 1.69. The van der Waals surface area contributed by atoms with Gasteiger partial charge >= 0.3 is 0 Å². The van der Waals surface area contributed by atoms with Crippen molar-refractivity contribution in [3.63, 3.8) is 0 Å². The van der Waals surface area contributed by atoms with Crippen LogP contribution in [0.3, 0.4) is 0 Å². The Morgan fingerprint density at radius 1 is 1.44 bits per heavy atom. The molecule has 3 unspecified atom stereocenters. The van der Waals surface area contributed by atoms with Crippen LogP contribution < -0.4 is 10.6 Å². The second-order valence-electron chi connectivity index (χ2n) is 4.59. The molecule has 1 aliphatic heterocycles. The predicted octanol–water partition coefficient (Wildman–Crippen LogP) is 1.48. The minimum absolute atomic E-state index is 0.530. The molecule has 1 aliphatic rings. The van der Waals surface area contributed by atoms with Gasteiger partial charge in [0, 0.05) is 30.4 Å². The normalized spacial score (nSPS) is 25.3. The van der Waals surface area contributed by atoms with E-state index in [0.717, 1.165) is 26.2 Å². The lowest BCUT2D eigenvalue weighted by Crippen LogP contribution is -2.46. The van der Waals surface area contributed by atoms with Crippen molar-refractivity contribution < 1.29 is 4.74 Å². The first kappa shape index (κ1) is 14.3. The van der Waals surface area contributed by atoms with Gasteiger partial charge in [0.2, 0.25) is 0 Å². The summed E-state index contributed by atoms with van der Waals surface area (Å²) < 4.78 is 5.46. The fourth-order valence-corrected chi connectivity index (χ4v) is 2.78. The smallest absolute Gasteiger partial charge is 0.0620 e. The van der Waals surface area contributed by atoms with Crippen LogP contribution in [0.4, 0.5) is 0 Å². The second kappa shape index (κ2) is 8.34. The third-order valence-corrected chi connectivity index (χ3v) is 3.92. The van der Waals surface area contributed by atoms with Gasteiger partial charge in [0.05, 0.1) is 13.2 Å². The Morgan fingerprint density at radius 2 is 2.25 bits per heavy atom. The van der Waals surface area contributed by atoms with Crippen molar-refractivity contribution in [3.05, 3.63) is 0 Å². The summed E-state index contributed by atoms with van der Waals surface area (Å²) in [5.74, 6) is 2.41. The van der Waals surface area contributed by atoms with Crippen molar-refractivity contribution in [2.75, 3.05) is 31.3 Å². The van der Waals surface area contributed by atoms with Crippen LogP contribution in [0.2, 0.25) is 0 Å². The van der Waals surface area contributed by atoms with E-state index in [1.165, 1.54) is 11.5 Å². The minimum atomic E-state index is 0.530. The van der Waals surface area contributed by atoms with Gasteiger partial charge in [0.25, 0.3) is 0 Å². The summed E-state index contributed by atoms with van der Waals surface area (Å²) in [6.07, 6.45) is 1.15. The molecule has 0 aromatic heterocycles. The Bertz CT molecular complexity index is 174. The average molecular weight is 246 g/mol. The summed E-state index contributed by atoms with van der Waals surface area (Å²) in [5.41, 5.74) is 0. The third-order valence-electron chi connectivity index (χ3n) is 2.78. The molecule has 2 N–H and O–H groups in total. The standard InChI is InChI=1S/C12H26N2OS/c1-4-16-9-11(3)14-10(2)7-12-8-15-6-5-13-12/h10-14H,4-9H2,1-3H3. The molecule has 1 heterocycles.